The lowest BCUT2D eigenvalue weighted by molar-refractivity contribution is 0.928. The third kappa shape index (κ3) is 3.76. The normalized spacial score (nSPS) is 10.9. The summed E-state index contributed by atoms with van der Waals surface area (Å²) >= 11 is 0. The Kier molecular flexibility index (Phi) is 4.61. The number of hydrogen-bond acceptors (Lipinski definition) is 6. The average molecular weight is 368 g/mol. The highest BCUT2D eigenvalue weighted by atomic mass is 15.0. The van der Waals surface area contributed by atoms with Crippen molar-refractivity contribution in [1.82, 2.24) is 29.9 Å². The molecule has 2 heterocycles. The van der Waals surface area contributed by atoms with E-state index in [0.717, 1.165) is 45.6 Å². The van der Waals surface area contributed by atoms with Gasteiger partial charge in [-0.3, -0.25) is 0 Å². The van der Waals surface area contributed by atoms with Gasteiger partial charge in [-0.25, -0.2) is 29.9 Å². The van der Waals surface area contributed by atoms with Crippen LogP contribution in [0.3, 0.4) is 0 Å². The lowest BCUT2D eigenvalue weighted by Gasteiger charge is -2.08. The Hall–Kier alpha value is -3.54. The molecule has 0 atom stereocenters. The van der Waals surface area contributed by atoms with Gasteiger partial charge in [0.1, 0.15) is 23.3 Å². The van der Waals surface area contributed by atoms with E-state index in [2.05, 4.69) is 54.2 Å². The molecule has 0 saturated carbocycles. The molecule has 2 aromatic heterocycles. The molecule has 0 unspecified atom stereocenters. The van der Waals surface area contributed by atoms with Crippen LogP contribution >= 0.6 is 0 Å². The number of hydrogen-bond donors (Lipinski definition) is 0. The van der Waals surface area contributed by atoms with Crippen LogP contribution in [-0.4, -0.2) is 29.9 Å². The lowest BCUT2D eigenvalue weighted by Crippen LogP contribution is -1.99. The van der Waals surface area contributed by atoms with Gasteiger partial charge in [0.15, 0.2) is 11.6 Å². The molecule has 0 aliphatic rings. The van der Waals surface area contributed by atoms with Gasteiger partial charge < -0.3 is 0 Å². The van der Waals surface area contributed by atoms with E-state index in [1.165, 1.54) is 0 Å². The van der Waals surface area contributed by atoms with Crippen LogP contribution in [0.5, 0.6) is 0 Å². The molecule has 0 spiro atoms. The van der Waals surface area contributed by atoms with Crippen molar-refractivity contribution in [2.75, 3.05) is 0 Å². The first-order chi connectivity index (χ1) is 13.5. The Morgan fingerprint density at radius 2 is 0.750 bits per heavy atom. The predicted molar refractivity (Wildman–Crippen MR) is 108 cm³/mol. The van der Waals surface area contributed by atoms with Crippen LogP contribution in [0.4, 0.5) is 0 Å². The second-order valence-corrected chi connectivity index (χ2v) is 6.67. The molecule has 0 fully saturated rings. The van der Waals surface area contributed by atoms with Gasteiger partial charge in [-0.15, -0.1) is 0 Å². The minimum absolute atomic E-state index is 0.687. The minimum atomic E-state index is 0.687. The summed E-state index contributed by atoms with van der Waals surface area (Å²) in [5.74, 6) is 4.25. The summed E-state index contributed by atoms with van der Waals surface area (Å²) in [4.78, 5) is 26.4. The van der Waals surface area contributed by atoms with E-state index in [-0.39, 0.29) is 0 Å². The Morgan fingerprint density at radius 1 is 0.429 bits per heavy atom. The van der Waals surface area contributed by atoms with Gasteiger partial charge in [0.05, 0.1) is 0 Å². The smallest absolute Gasteiger partial charge is 0.163 e. The van der Waals surface area contributed by atoms with Crippen LogP contribution < -0.4 is 0 Å². The molecule has 2 aromatic carbocycles. The van der Waals surface area contributed by atoms with Crippen LogP contribution in [0.15, 0.2) is 48.5 Å². The monoisotopic (exact) mass is 368 g/mol. The first-order valence-corrected chi connectivity index (χ1v) is 9.08. The number of aryl methyl sites for hydroxylation is 4. The fourth-order valence-corrected chi connectivity index (χ4v) is 3.17. The summed E-state index contributed by atoms with van der Waals surface area (Å²) in [7, 11) is 0. The summed E-state index contributed by atoms with van der Waals surface area (Å²) in [5.41, 5.74) is 4.09. The summed E-state index contributed by atoms with van der Waals surface area (Å²) in [6.45, 7) is 7.52. The molecule has 0 saturated heterocycles. The largest absolute Gasteiger partial charge is 0.219 e. The molecular weight excluding hydrogens is 348 g/mol. The van der Waals surface area contributed by atoms with Crippen molar-refractivity contribution < 1.29 is 0 Å². The van der Waals surface area contributed by atoms with Crippen molar-refractivity contribution in [3.63, 3.8) is 0 Å². The van der Waals surface area contributed by atoms with Gasteiger partial charge in [-0.2, -0.15) is 0 Å². The van der Waals surface area contributed by atoms with Crippen LogP contribution in [0, 0.1) is 27.7 Å². The first kappa shape index (κ1) is 17.9. The van der Waals surface area contributed by atoms with E-state index in [4.69, 9.17) is 0 Å². The minimum Gasteiger partial charge on any atom is -0.219 e. The van der Waals surface area contributed by atoms with Crippen molar-refractivity contribution in [3.05, 3.63) is 71.8 Å². The molecular formula is C22H20N6. The van der Waals surface area contributed by atoms with Crippen LogP contribution in [0.1, 0.15) is 23.3 Å². The summed E-state index contributed by atoms with van der Waals surface area (Å²) in [6, 6.07) is 16.4. The van der Waals surface area contributed by atoms with Crippen molar-refractivity contribution in [2.45, 2.75) is 27.7 Å². The van der Waals surface area contributed by atoms with E-state index in [1.807, 2.05) is 52.0 Å². The maximum atomic E-state index is 4.47. The summed E-state index contributed by atoms with van der Waals surface area (Å²) < 4.78 is 0. The molecule has 4 aromatic rings. The number of nitrogens with zero attached hydrogens (tertiary/aromatic N) is 6. The van der Waals surface area contributed by atoms with E-state index >= 15 is 0 Å². The number of rotatable bonds is 3. The molecule has 0 aliphatic carbocycles. The molecule has 28 heavy (non-hydrogen) atoms. The number of aromatic nitrogens is 6. The fraction of sp³-hybridized carbons (Fsp3) is 0.182. The molecule has 6 nitrogen and oxygen atoms in total. The SMILES string of the molecule is Cc1nc(C)nc(-c2cccc(-c3cccc(-c4nc(C)nc(C)n4)c3)c2)n1. The highest BCUT2D eigenvalue weighted by molar-refractivity contribution is 5.73. The maximum absolute atomic E-state index is 4.47. The van der Waals surface area contributed by atoms with Crippen LogP contribution in [-0.2, 0) is 0 Å². The van der Waals surface area contributed by atoms with Gasteiger partial charge in [-0.1, -0.05) is 36.4 Å². The van der Waals surface area contributed by atoms with E-state index in [9.17, 15) is 0 Å². The zero-order chi connectivity index (χ0) is 19.7. The number of benzene rings is 2. The maximum Gasteiger partial charge on any atom is 0.163 e. The topological polar surface area (TPSA) is 77.3 Å². The van der Waals surface area contributed by atoms with Crippen LogP contribution in [0.2, 0.25) is 0 Å². The molecule has 0 aliphatic heterocycles. The van der Waals surface area contributed by atoms with E-state index < -0.39 is 0 Å². The molecule has 4 rings (SSSR count). The zero-order valence-corrected chi connectivity index (χ0v) is 16.3. The standard InChI is InChI=1S/C22H20N6/c1-13-23-14(2)26-21(25-13)19-9-5-7-17(11-19)18-8-6-10-20(12-18)22-27-15(3)24-16(4)28-22/h5-12H,1-4H3. The molecule has 0 amide bonds. The van der Waals surface area contributed by atoms with Crippen molar-refractivity contribution in [1.29, 1.82) is 0 Å². The van der Waals surface area contributed by atoms with Gasteiger partial charge in [-0.05, 0) is 51.0 Å². The van der Waals surface area contributed by atoms with Crippen LogP contribution in [0.25, 0.3) is 33.9 Å². The molecule has 138 valence electrons. The Bertz CT molecular complexity index is 1040. The van der Waals surface area contributed by atoms with E-state index in [0.29, 0.717) is 11.6 Å². The van der Waals surface area contributed by atoms with Gasteiger partial charge in [0, 0.05) is 11.1 Å². The molecule has 6 heteroatoms. The third-order valence-electron chi connectivity index (χ3n) is 4.29. The Balaban J connectivity index is 1.76. The quantitative estimate of drug-likeness (QED) is 0.537. The second kappa shape index (κ2) is 7.23. The first-order valence-electron chi connectivity index (χ1n) is 9.08. The van der Waals surface area contributed by atoms with Crippen molar-refractivity contribution >= 4 is 0 Å². The van der Waals surface area contributed by atoms with E-state index in [1.54, 1.807) is 0 Å². The van der Waals surface area contributed by atoms with Gasteiger partial charge in [0.2, 0.25) is 0 Å². The molecule has 0 N–H and O–H groups in total. The predicted octanol–water partition coefficient (Wildman–Crippen LogP) is 4.29. The Labute approximate surface area is 163 Å². The van der Waals surface area contributed by atoms with Crippen molar-refractivity contribution in [2.24, 2.45) is 0 Å². The van der Waals surface area contributed by atoms with Gasteiger partial charge >= 0.3 is 0 Å². The Morgan fingerprint density at radius 3 is 1.11 bits per heavy atom. The zero-order valence-electron chi connectivity index (χ0n) is 16.3. The van der Waals surface area contributed by atoms with Crippen molar-refractivity contribution in [3.8, 4) is 33.9 Å². The molecule has 0 bridgehead atoms. The highest BCUT2D eigenvalue weighted by Crippen LogP contribution is 2.27. The summed E-state index contributed by atoms with van der Waals surface area (Å²) in [6.07, 6.45) is 0. The molecule has 0 radical (unpaired) electrons. The second-order valence-electron chi connectivity index (χ2n) is 6.67. The van der Waals surface area contributed by atoms with Gasteiger partial charge in [0.25, 0.3) is 0 Å². The fourth-order valence-electron chi connectivity index (χ4n) is 3.17. The lowest BCUT2D eigenvalue weighted by atomic mass is 10.0. The highest BCUT2D eigenvalue weighted by Gasteiger charge is 2.09. The third-order valence-corrected chi connectivity index (χ3v) is 4.29. The average Bonchev–Trinajstić information content (AvgIpc) is 2.67. The summed E-state index contributed by atoms with van der Waals surface area (Å²) in [5, 5.41) is 0.